The van der Waals surface area contributed by atoms with Crippen molar-refractivity contribution in [2.24, 2.45) is 0 Å². The van der Waals surface area contributed by atoms with Gasteiger partial charge in [0.25, 0.3) is 0 Å². The minimum atomic E-state index is 0.0385. The summed E-state index contributed by atoms with van der Waals surface area (Å²) < 4.78 is 5.81. The highest BCUT2D eigenvalue weighted by molar-refractivity contribution is 5.05. The van der Waals surface area contributed by atoms with Crippen molar-refractivity contribution in [2.45, 2.75) is 51.6 Å². The average molecular weight is 251 g/mol. The van der Waals surface area contributed by atoms with Gasteiger partial charge in [-0.15, -0.1) is 0 Å². The molecule has 4 heteroatoms. The van der Waals surface area contributed by atoms with E-state index in [1.54, 1.807) is 0 Å². The summed E-state index contributed by atoms with van der Waals surface area (Å²) >= 11 is 0. The molecule has 1 fully saturated rings. The van der Waals surface area contributed by atoms with Crippen LogP contribution in [0, 0.1) is 0 Å². The van der Waals surface area contributed by atoms with Gasteiger partial charge in [-0.05, 0) is 26.4 Å². The molecule has 1 aromatic rings. The van der Waals surface area contributed by atoms with Gasteiger partial charge in [0.05, 0.1) is 12.7 Å². The Kier molecular flexibility index (Phi) is 4.07. The van der Waals surface area contributed by atoms with Crippen molar-refractivity contribution in [2.75, 3.05) is 20.1 Å². The molecule has 1 aliphatic heterocycles. The highest BCUT2D eigenvalue weighted by Gasteiger charge is 2.20. The Balaban J connectivity index is 1.86. The van der Waals surface area contributed by atoms with Crippen molar-refractivity contribution < 1.29 is 4.42 Å². The number of hydrogen-bond acceptors (Lipinski definition) is 4. The molecule has 1 aliphatic rings. The molecule has 1 atom stereocenters. The Hall–Kier alpha value is -0.870. The normalized spacial score (nSPS) is 20.8. The summed E-state index contributed by atoms with van der Waals surface area (Å²) in [5.41, 5.74) is 0.0385. The third-order valence-electron chi connectivity index (χ3n) is 3.39. The van der Waals surface area contributed by atoms with Gasteiger partial charge in [0, 0.05) is 18.0 Å². The number of nitrogens with zero attached hydrogens (tertiary/aromatic N) is 2. The van der Waals surface area contributed by atoms with Crippen molar-refractivity contribution >= 4 is 0 Å². The molecule has 1 N–H and O–H groups in total. The molecule has 1 unspecified atom stereocenters. The monoisotopic (exact) mass is 251 g/mol. The van der Waals surface area contributed by atoms with E-state index in [2.05, 4.69) is 43.0 Å². The van der Waals surface area contributed by atoms with Crippen molar-refractivity contribution in [3.8, 4) is 0 Å². The quantitative estimate of drug-likeness (QED) is 0.890. The molecule has 0 aromatic carbocycles. The number of hydrogen-bond donors (Lipinski definition) is 1. The van der Waals surface area contributed by atoms with Crippen LogP contribution in [-0.4, -0.2) is 36.1 Å². The lowest BCUT2D eigenvalue weighted by Gasteiger charge is -2.19. The summed E-state index contributed by atoms with van der Waals surface area (Å²) in [6.07, 6.45) is 4.44. The van der Waals surface area contributed by atoms with Gasteiger partial charge in [0.1, 0.15) is 5.76 Å². The van der Waals surface area contributed by atoms with Gasteiger partial charge < -0.3 is 9.73 Å². The van der Waals surface area contributed by atoms with E-state index in [1.165, 1.54) is 12.8 Å². The van der Waals surface area contributed by atoms with Gasteiger partial charge in [0.2, 0.25) is 5.89 Å². The Labute approximate surface area is 110 Å². The molecule has 0 saturated carbocycles. The molecule has 4 nitrogen and oxygen atoms in total. The molecule has 1 saturated heterocycles. The van der Waals surface area contributed by atoms with Crippen LogP contribution < -0.4 is 5.32 Å². The molecule has 0 amide bonds. The average Bonchev–Trinajstić information content (AvgIpc) is 2.87. The number of aromatic nitrogens is 1. The summed E-state index contributed by atoms with van der Waals surface area (Å²) in [5, 5.41) is 3.51. The molecule has 2 heterocycles. The van der Waals surface area contributed by atoms with Crippen LogP contribution in [0.3, 0.4) is 0 Å². The first kappa shape index (κ1) is 13.6. The van der Waals surface area contributed by atoms with Gasteiger partial charge in [-0.1, -0.05) is 20.8 Å². The second-order valence-corrected chi connectivity index (χ2v) is 6.36. The van der Waals surface area contributed by atoms with Gasteiger partial charge in [-0.3, -0.25) is 4.90 Å². The predicted octanol–water partition coefficient (Wildman–Crippen LogP) is 2.16. The minimum Gasteiger partial charge on any atom is -0.444 e. The standard InChI is InChI=1S/C14H25N3O/c1-14(2,3)12-8-16-13(18-12)10-17(4)9-11-6-5-7-15-11/h8,11,15H,5-7,9-10H2,1-4H3. The van der Waals surface area contributed by atoms with E-state index in [9.17, 15) is 0 Å². The third kappa shape index (κ3) is 3.56. The number of likely N-dealkylation sites (N-methyl/N-ethyl adjacent to an activating group) is 1. The first-order valence-electron chi connectivity index (χ1n) is 6.82. The second kappa shape index (κ2) is 5.41. The van der Waals surface area contributed by atoms with E-state index < -0.39 is 0 Å². The first-order valence-corrected chi connectivity index (χ1v) is 6.82. The van der Waals surface area contributed by atoms with Crippen LogP contribution in [0.5, 0.6) is 0 Å². The third-order valence-corrected chi connectivity index (χ3v) is 3.39. The SMILES string of the molecule is CN(Cc1ncc(C(C)(C)C)o1)CC1CCCN1. The van der Waals surface area contributed by atoms with E-state index in [0.29, 0.717) is 6.04 Å². The summed E-state index contributed by atoms with van der Waals surface area (Å²) in [6.45, 7) is 9.43. The fourth-order valence-electron chi connectivity index (χ4n) is 2.31. The highest BCUT2D eigenvalue weighted by atomic mass is 16.4. The molecule has 0 radical (unpaired) electrons. The van der Waals surface area contributed by atoms with E-state index >= 15 is 0 Å². The molecule has 18 heavy (non-hydrogen) atoms. The zero-order valence-corrected chi connectivity index (χ0v) is 12.0. The van der Waals surface area contributed by atoms with Gasteiger partial charge in [0.15, 0.2) is 0 Å². The minimum absolute atomic E-state index is 0.0385. The lowest BCUT2D eigenvalue weighted by atomic mass is 9.94. The molecule has 0 aliphatic carbocycles. The summed E-state index contributed by atoms with van der Waals surface area (Å²) in [6, 6.07) is 0.632. The Morgan fingerprint density at radius 3 is 2.83 bits per heavy atom. The Bertz CT molecular complexity index is 375. The number of nitrogens with one attached hydrogen (secondary N) is 1. The van der Waals surface area contributed by atoms with Crippen molar-refractivity contribution in [3.63, 3.8) is 0 Å². The maximum atomic E-state index is 5.81. The number of rotatable bonds is 4. The van der Waals surface area contributed by atoms with Gasteiger partial charge >= 0.3 is 0 Å². The fourth-order valence-corrected chi connectivity index (χ4v) is 2.31. The van der Waals surface area contributed by atoms with E-state index in [0.717, 1.165) is 31.3 Å². The highest BCUT2D eigenvalue weighted by Crippen LogP contribution is 2.23. The first-order chi connectivity index (χ1) is 8.45. The molecular formula is C14H25N3O. The summed E-state index contributed by atoms with van der Waals surface area (Å²) in [7, 11) is 2.13. The lowest BCUT2D eigenvalue weighted by Crippen LogP contribution is -2.35. The summed E-state index contributed by atoms with van der Waals surface area (Å²) in [5.74, 6) is 1.78. The topological polar surface area (TPSA) is 41.3 Å². The fraction of sp³-hybridized carbons (Fsp3) is 0.786. The van der Waals surface area contributed by atoms with Crippen LogP contribution in [0.1, 0.15) is 45.3 Å². The largest absolute Gasteiger partial charge is 0.444 e. The van der Waals surface area contributed by atoms with Crippen molar-refractivity contribution in [1.29, 1.82) is 0 Å². The maximum absolute atomic E-state index is 5.81. The van der Waals surface area contributed by atoms with Gasteiger partial charge in [-0.25, -0.2) is 4.98 Å². The molecule has 0 bridgehead atoms. The van der Waals surface area contributed by atoms with Crippen LogP contribution in [0.15, 0.2) is 10.6 Å². The second-order valence-electron chi connectivity index (χ2n) is 6.36. The van der Waals surface area contributed by atoms with E-state index in [4.69, 9.17) is 4.42 Å². The van der Waals surface area contributed by atoms with Crippen molar-refractivity contribution in [3.05, 3.63) is 17.8 Å². The van der Waals surface area contributed by atoms with Crippen LogP contribution in [-0.2, 0) is 12.0 Å². The molecule has 2 rings (SSSR count). The Morgan fingerprint density at radius 1 is 1.50 bits per heavy atom. The van der Waals surface area contributed by atoms with Crippen LogP contribution in [0.2, 0.25) is 0 Å². The van der Waals surface area contributed by atoms with Crippen LogP contribution >= 0.6 is 0 Å². The van der Waals surface area contributed by atoms with Crippen molar-refractivity contribution in [1.82, 2.24) is 15.2 Å². The zero-order chi connectivity index (χ0) is 13.2. The molecular weight excluding hydrogens is 226 g/mol. The zero-order valence-electron chi connectivity index (χ0n) is 12.0. The lowest BCUT2D eigenvalue weighted by molar-refractivity contribution is 0.255. The molecule has 102 valence electrons. The van der Waals surface area contributed by atoms with Gasteiger partial charge in [-0.2, -0.15) is 0 Å². The molecule has 1 aromatic heterocycles. The predicted molar refractivity (Wildman–Crippen MR) is 72.6 cm³/mol. The van der Waals surface area contributed by atoms with Crippen LogP contribution in [0.4, 0.5) is 0 Å². The summed E-state index contributed by atoms with van der Waals surface area (Å²) in [4.78, 5) is 6.65. The maximum Gasteiger partial charge on any atom is 0.208 e. The molecule has 0 spiro atoms. The smallest absolute Gasteiger partial charge is 0.208 e. The Morgan fingerprint density at radius 2 is 2.28 bits per heavy atom. The van der Waals surface area contributed by atoms with E-state index in [-0.39, 0.29) is 5.41 Å². The van der Waals surface area contributed by atoms with Crippen LogP contribution in [0.25, 0.3) is 0 Å². The number of oxazole rings is 1. The van der Waals surface area contributed by atoms with E-state index in [1.807, 2.05) is 6.20 Å².